The number of carbonyl (C=O) groups is 3. The summed E-state index contributed by atoms with van der Waals surface area (Å²) in [6, 6.07) is 10.3. The second-order valence-corrected chi connectivity index (χ2v) is 8.80. The molecular weight excluding hydrogens is 425 g/mol. The lowest BCUT2D eigenvalue weighted by Crippen LogP contribution is -2.66. The van der Waals surface area contributed by atoms with Crippen molar-refractivity contribution in [3.8, 4) is 0 Å². The molecule has 0 unspecified atom stereocenters. The highest BCUT2D eigenvalue weighted by Crippen LogP contribution is 2.52. The fraction of sp³-hybridized carbons (Fsp3) is 0.348. The third-order valence-corrected chi connectivity index (χ3v) is 5.78. The molecule has 2 amide bonds. The molecule has 0 bridgehead atoms. The Bertz CT molecular complexity index is 1100. The molecule has 168 valence electrons. The van der Waals surface area contributed by atoms with Gasteiger partial charge in [-0.25, -0.2) is 0 Å². The maximum atomic E-state index is 14.7. The van der Waals surface area contributed by atoms with Gasteiger partial charge in [0.15, 0.2) is 5.78 Å². The zero-order valence-corrected chi connectivity index (χ0v) is 17.5. The molecule has 4 rings (SSSR count). The SMILES string of the molecule is CC1(C)CC(=O)C2=C(C1)N(Cc1ccco1)C(=O)[C@@]2(NC(=O)c1ccccc1)C(F)(F)F. The summed E-state index contributed by atoms with van der Waals surface area (Å²) in [7, 11) is 0. The Kier molecular flexibility index (Phi) is 5.02. The number of Topliss-reactive ketones (excluding diaryl/α,β-unsaturated/α-hetero) is 1. The van der Waals surface area contributed by atoms with E-state index >= 15 is 0 Å². The van der Waals surface area contributed by atoms with Gasteiger partial charge < -0.3 is 14.6 Å². The summed E-state index contributed by atoms with van der Waals surface area (Å²) >= 11 is 0. The molecule has 1 aliphatic carbocycles. The van der Waals surface area contributed by atoms with Gasteiger partial charge >= 0.3 is 6.18 Å². The summed E-state index contributed by atoms with van der Waals surface area (Å²) in [5, 5.41) is 1.90. The number of hydrogen-bond acceptors (Lipinski definition) is 4. The Morgan fingerprint density at radius 3 is 2.38 bits per heavy atom. The van der Waals surface area contributed by atoms with Crippen LogP contribution in [0.2, 0.25) is 0 Å². The van der Waals surface area contributed by atoms with Gasteiger partial charge in [-0.05, 0) is 36.1 Å². The molecule has 2 aromatic rings. The van der Waals surface area contributed by atoms with Gasteiger partial charge in [-0.2, -0.15) is 13.2 Å². The molecule has 0 spiro atoms. The quantitative estimate of drug-likeness (QED) is 0.770. The summed E-state index contributed by atoms with van der Waals surface area (Å²) in [6.07, 6.45) is -4.01. The minimum atomic E-state index is -5.25. The van der Waals surface area contributed by atoms with E-state index < -0.39 is 40.3 Å². The molecule has 1 aromatic carbocycles. The first-order valence-corrected chi connectivity index (χ1v) is 10.0. The highest BCUT2D eigenvalue weighted by Gasteiger charge is 2.71. The molecule has 2 heterocycles. The molecular formula is C23H21F3N2O4. The molecule has 0 saturated heterocycles. The smallest absolute Gasteiger partial charge is 0.425 e. The fourth-order valence-electron chi connectivity index (χ4n) is 4.38. The van der Waals surface area contributed by atoms with Crippen molar-refractivity contribution in [1.29, 1.82) is 0 Å². The van der Waals surface area contributed by atoms with Crippen LogP contribution in [-0.2, 0) is 16.1 Å². The van der Waals surface area contributed by atoms with Crippen LogP contribution in [0.4, 0.5) is 13.2 Å². The van der Waals surface area contributed by atoms with E-state index in [0.717, 1.165) is 4.90 Å². The Hall–Kier alpha value is -3.36. The predicted octanol–water partition coefficient (Wildman–Crippen LogP) is 4.00. The van der Waals surface area contributed by atoms with Crippen molar-refractivity contribution in [2.75, 3.05) is 0 Å². The van der Waals surface area contributed by atoms with Crippen molar-refractivity contribution in [1.82, 2.24) is 10.2 Å². The topological polar surface area (TPSA) is 79.6 Å². The number of furan rings is 1. The van der Waals surface area contributed by atoms with E-state index in [1.54, 1.807) is 26.0 Å². The van der Waals surface area contributed by atoms with Gasteiger partial charge in [-0.1, -0.05) is 32.0 Å². The molecule has 1 N–H and O–H groups in total. The normalized spacial score (nSPS) is 22.8. The van der Waals surface area contributed by atoms with Crippen LogP contribution in [0.3, 0.4) is 0 Å². The van der Waals surface area contributed by atoms with E-state index in [4.69, 9.17) is 4.42 Å². The minimum absolute atomic E-state index is 0.0293. The van der Waals surface area contributed by atoms with Crippen LogP contribution < -0.4 is 5.32 Å². The maximum absolute atomic E-state index is 14.7. The van der Waals surface area contributed by atoms with Gasteiger partial charge in [0.25, 0.3) is 11.8 Å². The van der Waals surface area contributed by atoms with Crippen LogP contribution in [0.15, 0.2) is 64.4 Å². The molecule has 9 heteroatoms. The van der Waals surface area contributed by atoms with E-state index in [9.17, 15) is 27.6 Å². The number of rotatable bonds is 4. The molecule has 1 aliphatic heterocycles. The summed E-state index contributed by atoms with van der Waals surface area (Å²) in [6.45, 7) is 3.22. The third kappa shape index (κ3) is 3.41. The van der Waals surface area contributed by atoms with E-state index in [0.29, 0.717) is 0 Å². The second-order valence-electron chi connectivity index (χ2n) is 8.80. The number of amides is 2. The number of carbonyl (C=O) groups excluding carboxylic acids is 3. The van der Waals surface area contributed by atoms with Gasteiger partial charge in [-0.3, -0.25) is 14.4 Å². The van der Waals surface area contributed by atoms with Crippen molar-refractivity contribution in [2.24, 2.45) is 5.41 Å². The number of ketones is 1. The lowest BCUT2D eigenvalue weighted by molar-refractivity contribution is -0.191. The molecule has 1 atom stereocenters. The molecule has 2 aliphatic rings. The summed E-state index contributed by atoms with van der Waals surface area (Å²) in [5.41, 5.74) is -4.90. The number of alkyl halides is 3. The van der Waals surface area contributed by atoms with Gasteiger partial charge in [-0.15, -0.1) is 0 Å². The average Bonchev–Trinajstić information content (AvgIpc) is 3.29. The number of nitrogens with one attached hydrogen (secondary N) is 1. The zero-order valence-electron chi connectivity index (χ0n) is 17.5. The molecule has 0 saturated carbocycles. The molecule has 32 heavy (non-hydrogen) atoms. The Morgan fingerprint density at radius 1 is 1.09 bits per heavy atom. The van der Waals surface area contributed by atoms with Gasteiger partial charge in [0.05, 0.1) is 18.4 Å². The van der Waals surface area contributed by atoms with Crippen molar-refractivity contribution in [3.63, 3.8) is 0 Å². The Balaban J connectivity index is 1.88. The van der Waals surface area contributed by atoms with Crippen molar-refractivity contribution in [2.45, 2.75) is 44.9 Å². The molecule has 6 nitrogen and oxygen atoms in total. The second kappa shape index (κ2) is 7.36. The van der Waals surface area contributed by atoms with Crippen LogP contribution in [0.5, 0.6) is 0 Å². The number of allylic oxidation sites excluding steroid dienone is 1. The maximum Gasteiger partial charge on any atom is 0.425 e. The monoisotopic (exact) mass is 446 g/mol. The molecule has 0 radical (unpaired) electrons. The van der Waals surface area contributed by atoms with Gasteiger partial charge in [0, 0.05) is 17.7 Å². The average molecular weight is 446 g/mol. The standard InChI is InChI=1S/C23H21F3N2O4/c1-21(2)11-16-18(17(29)12-21)22(23(24,25)26,27-19(30)14-7-4-3-5-8-14)20(31)28(16)13-15-9-6-10-32-15/h3-10H,11-13H2,1-2H3,(H,27,30)/t22-/m1/s1. The summed E-state index contributed by atoms with van der Waals surface area (Å²) < 4.78 is 49.2. The van der Waals surface area contributed by atoms with Gasteiger partial charge in [0.1, 0.15) is 5.76 Å². The molecule has 0 fully saturated rings. The van der Waals surface area contributed by atoms with E-state index in [-0.39, 0.29) is 36.4 Å². The first-order valence-electron chi connectivity index (χ1n) is 10.0. The highest BCUT2D eigenvalue weighted by atomic mass is 19.4. The summed E-state index contributed by atoms with van der Waals surface area (Å²) in [5.74, 6) is -3.06. The lowest BCUT2D eigenvalue weighted by Gasteiger charge is -2.35. The Labute approximate surface area is 182 Å². The largest absolute Gasteiger partial charge is 0.467 e. The van der Waals surface area contributed by atoms with Crippen LogP contribution in [-0.4, -0.2) is 34.2 Å². The van der Waals surface area contributed by atoms with Crippen LogP contribution in [0.1, 0.15) is 42.8 Å². The van der Waals surface area contributed by atoms with Gasteiger partial charge in [0.2, 0.25) is 5.54 Å². The number of hydrogen-bond donors (Lipinski definition) is 1. The fourth-order valence-corrected chi connectivity index (χ4v) is 4.38. The van der Waals surface area contributed by atoms with Crippen molar-refractivity contribution < 1.29 is 32.0 Å². The number of benzene rings is 1. The summed E-state index contributed by atoms with van der Waals surface area (Å²) in [4.78, 5) is 40.2. The Morgan fingerprint density at radius 2 is 1.78 bits per heavy atom. The van der Waals surface area contributed by atoms with E-state index in [2.05, 4.69) is 0 Å². The first-order chi connectivity index (χ1) is 15.0. The predicted molar refractivity (Wildman–Crippen MR) is 107 cm³/mol. The molecule has 1 aromatic heterocycles. The van der Waals surface area contributed by atoms with E-state index in [1.807, 2.05) is 5.32 Å². The first kappa shape index (κ1) is 21.9. The van der Waals surface area contributed by atoms with Crippen molar-refractivity contribution in [3.05, 3.63) is 71.3 Å². The van der Waals surface area contributed by atoms with Crippen LogP contribution >= 0.6 is 0 Å². The lowest BCUT2D eigenvalue weighted by atomic mass is 9.72. The van der Waals surface area contributed by atoms with Crippen molar-refractivity contribution >= 4 is 17.6 Å². The third-order valence-electron chi connectivity index (χ3n) is 5.78. The van der Waals surface area contributed by atoms with Crippen LogP contribution in [0, 0.1) is 5.41 Å². The minimum Gasteiger partial charge on any atom is -0.467 e. The van der Waals surface area contributed by atoms with E-state index in [1.165, 1.54) is 36.6 Å². The highest BCUT2D eigenvalue weighted by molar-refractivity contribution is 6.14. The number of nitrogens with zero attached hydrogens (tertiary/aromatic N) is 1. The zero-order chi connectivity index (χ0) is 23.3. The number of halogens is 3. The van der Waals surface area contributed by atoms with Crippen LogP contribution in [0.25, 0.3) is 0 Å².